The van der Waals surface area contributed by atoms with Gasteiger partial charge in [-0.15, -0.1) is 0 Å². The zero-order valence-corrected chi connectivity index (χ0v) is 11.4. The van der Waals surface area contributed by atoms with Gasteiger partial charge in [-0.05, 0) is 31.4 Å². The zero-order chi connectivity index (χ0) is 14.4. The van der Waals surface area contributed by atoms with Gasteiger partial charge in [-0.1, -0.05) is 17.7 Å². The molecule has 0 aliphatic heterocycles. The normalized spacial score (nSPS) is 10.1. The molecule has 0 saturated heterocycles. The first kappa shape index (κ1) is 15.0. The second-order valence-electron chi connectivity index (χ2n) is 4.44. The van der Waals surface area contributed by atoms with Crippen molar-refractivity contribution in [3.8, 4) is 5.75 Å². The van der Waals surface area contributed by atoms with Crippen LogP contribution in [0, 0.1) is 13.8 Å². The van der Waals surface area contributed by atoms with Crippen LogP contribution in [0.3, 0.4) is 0 Å². The minimum absolute atomic E-state index is 0.394. The van der Waals surface area contributed by atoms with Gasteiger partial charge in [0.25, 0.3) is 0 Å². The van der Waals surface area contributed by atoms with Gasteiger partial charge in [-0.3, -0.25) is 9.59 Å². The van der Waals surface area contributed by atoms with Crippen molar-refractivity contribution in [3.63, 3.8) is 0 Å². The molecule has 0 aromatic heterocycles. The lowest BCUT2D eigenvalue weighted by atomic mass is 10.0. The first-order chi connectivity index (χ1) is 8.93. The molecule has 104 valence electrons. The smallest absolute Gasteiger partial charge is 0.312 e. The SMILES string of the molecule is COc1c(C)cc(C)cc1CCNC(=O)CC(=O)O. The molecule has 1 amide bonds. The molecule has 0 spiro atoms. The predicted octanol–water partition coefficient (Wildman–Crippen LogP) is 1.45. The van der Waals surface area contributed by atoms with Gasteiger partial charge >= 0.3 is 5.97 Å². The van der Waals surface area contributed by atoms with Crippen molar-refractivity contribution >= 4 is 11.9 Å². The Morgan fingerprint density at radius 2 is 2.00 bits per heavy atom. The van der Waals surface area contributed by atoms with Crippen molar-refractivity contribution in [2.45, 2.75) is 26.7 Å². The standard InChI is InChI=1S/C14H19NO4/c1-9-6-10(2)14(19-3)11(7-9)4-5-15-12(16)8-13(17)18/h6-7H,4-5,8H2,1-3H3,(H,15,16)(H,17,18). The van der Waals surface area contributed by atoms with Crippen LogP contribution in [-0.4, -0.2) is 30.6 Å². The average molecular weight is 265 g/mol. The Balaban J connectivity index is 2.62. The van der Waals surface area contributed by atoms with Crippen molar-refractivity contribution in [3.05, 3.63) is 28.8 Å². The first-order valence-electron chi connectivity index (χ1n) is 6.06. The largest absolute Gasteiger partial charge is 0.496 e. The molecule has 0 radical (unpaired) electrons. The van der Waals surface area contributed by atoms with E-state index in [-0.39, 0.29) is 0 Å². The Morgan fingerprint density at radius 3 is 2.58 bits per heavy atom. The number of ether oxygens (including phenoxy) is 1. The number of hydrogen-bond donors (Lipinski definition) is 2. The van der Waals surface area contributed by atoms with Crippen molar-refractivity contribution in [1.29, 1.82) is 0 Å². The number of amides is 1. The molecule has 0 bridgehead atoms. The molecule has 0 fully saturated rings. The summed E-state index contributed by atoms with van der Waals surface area (Å²) in [5.74, 6) is -0.782. The van der Waals surface area contributed by atoms with Gasteiger partial charge in [0.1, 0.15) is 12.2 Å². The molecule has 2 N–H and O–H groups in total. The number of carboxylic acids is 1. The maximum atomic E-state index is 11.2. The maximum Gasteiger partial charge on any atom is 0.312 e. The number of aliphatic carboxylic acids is 1. The molecule has 1 aromatic carbocycles. The van der Waals surface area contributed by atoms with Crippen molar-refractivity contribution in [2.75, 3.05) is 13.7 Å². The summed E-state index contributed by atoms with van der Waals surface area (Å²) in [4.78, 5) is 21.6. The van der Waals surface area contributed by atoms with E-state index in [1.807, 2.05) is 26.0 Å². The second-order valence-corrected chi connectivity index (χ2v) is 4.44. The number of hydrogen-bond acceptors (Lipinski definition) is 3. The number of carbonyl (C=O) groups is 2. The Morgan fingerprint density at radius 1 is 1.32 bits per heavy atom. The number of rotatable bonds is 6. The number of nitrogens with one attached hydrogen (secondary N) is 1. The number of benzene rings is 1. The summed E-state index contributed by atoms with van der Waals surface area (Å²) in [6.07, 6.45) is 0.112. The second kappa shape index (κ2) is 6.78. The van der Waals surface area contributed by atoms with Crippen LogP contribution in [0.2, 0.25) is 0 Å². The summed E-state index contributed by atoms with van der Waals surface area (Å²) >= 11 is 0. The lowest BCUT2D eigenvalue weighted by Crippen LogP contribution is -2.27. The van der Waals surface area contributed by atoms with Crippen LogP contribution in [0.15, 0.2) is 12.1 Å². The minimum Gasteiger partial charge on any atom is -0.496 e. The van der Waals surface area contributed by atoms with E-state index in [0.29, 0.717) is 13.0 Å². The molecule has 0 saturated carbocycles. The van der Waals surface area contributed by atoms with Crippen LogP contribution in [0.1, 0.15) is 23.1 Å². The third kappa shape index (κ3) is 4.62. The summed E-state index contributed by atoms with van der Waals surface area (Å²) < 4.78 is 5.35. The molecule has 19 heavy (non-hydrogen) atoms. The summed E-state index contributed by atoms with van der Waals surface area (Å²) in [7, 11) is 1.62. The topological polar surface area (TPSA) is 75.6 Å². The van der Waals surface area contributed by atoms with E-state index in [9.17, 15) is 9.59 Å². The molecule has 5 heteroatoms. The fraction of sp³-hybridized carbons (Fsp3) is 0.429. The van der Waals surface area contributed by atoms with Gasteiger partial charge in [-0.2, -0.15) is 0 Å². The van der Waals surface area contributed by atoms with Gasteiger partial charge in [0.2, 0.25) is 5.91 Å². The molecule has 0 aliphatic rings. The Labute approximate surface area is 112 Å². The molecule has 1 rings (SSSR count). The highest BCUT2D eigenvalue weighted by Gasteiger charge is 2.09. The number of methoxy groups -OCH3 is 1. The number of carboxylic acid groups (broad SMARTS) is 1. The van der Waals surface area contributed by atoms with Gasteiger partial charge in [0.15, 0.2) is 0 Å². The van der Waals surface area contributed by atoms with E-state index in [4.69, 9.17) is 9.84 Å². The fourth-order valence-electron chi connectivity index (χ4n) is 2.06. The van der Waals surface area contributed by atoms with Gasteiger partial charge in [0.05, 0.1) is 7.11 Å². The molecular formula is C14H19NO4. The molecule has 0 heterocycles. The number of aryl methyl sites for hydroxylation is 2. The molecule has 0 unspecified atom stereocenters. The molecule has 0 aliphatic carbocycles. The van der Waals surface area contributed by atoms with Crippen molar-refractivity contribution in [1.82, 2.24) is 5.32 Å². The summed E-state index contributed by atoms with van der Waals surface area (Å²) in [5, 5.41) is 11.1. The Hall–Kier alpha value is -2.04. The van der Waals surface area contributed by atoms with E-state index < -0.39 is 18.3 Å². The summed E-state index contributed by atoms with van der Waals surface area (Å²) in [6, 6.07) is 4.04. The Kier molecular flexibility index (Phi) is 5.36. The molecular weight excluding hydrogens is 246 g/mol. The highest BCUT2D eigenvalue weighted by atomic mass is 16.5. The highest BCUT2D eigenvalue weighted by molar-refractivity contribution is 5.93. The summed E-state index contributed by atoms with van der Waals surface area (Å²) in [5.41, 5.74) is 3.19. The van der Waals surface area contributed by atoms with Crippen molar-refractivity contribution < 1.29 is 19.4 Å². The van der Waals surface area contributed by atoms with Crippen molar-refractivity contribution in [2.24, 2.45) is 0 Å². The van der Waals surface area contributed by atoms with Crippen LogP contribution in [0.5, 0.6) is 5.75 Å². The quantitative estimate of drug-likeness (QED) is 0.763. The molecule has 1 aromatic rings. The van der Waals surface area contributed by atoms with Crippen LogP contribution >= 0.6 is 0 Å². The average Bonchev–Trinajstić information content (AvgIpc) is 2.27. The zero-order valence-electron chi connectivity index (χ0n) is 11.4. The lowest BCUT2D eigenvalue weighted by Gasteiger charge is -2.13. The van der Waals surface area contributed by atoms with Crippen LogP contribution in [-0.2, 0) is 16.0 Å². The van der Waals surface area contributed by atoms with Crippen LogP contribution < -0.4 is 10.1 Å². The van der Waals surface area contributed by atoms with E-state index in [0.717, 1.165) is 22.4 Å². The predicted molar refractivity (Wildman–Crippen MR) is 71.4 cm³/mol. The van der Waals surface area contributed by atoms with E-state index in [1.54, 1.807) is 7.11 Å². The van der Waals surface area contributed by atoms with E-state index >= 15 is 0 Å². The lowest BCUT2D eigenvalue weighted by molar-refractivity contribution is -0.140. The maximum absolute atomic E-state index is 11.2. The third-order valence-electron chi connectivity index (χ3n) is 2.73. The summed E-state index contributed by atoms with van der Waals surface area (Å²) in [6.45, 7) is 4.36. The minimum atomic E-state index is -1.12. The van der Waals surface area contributed by atoms with Crippen LogP contribution in [0.4, 0.5) is 0 Å². The van der Waals surface area contributed by atoms with E-state index in [2.05, 4.69) is 5.32 Å². The van der Waals surface area contributed by atoms with Gasteiger partial charge in [0, 0.05) is 6.54 Å². The highest BCUT2D eigenvalue weighted by Crippen LogP contribution is 2.25. The monoisotopic (exact) mass is 265 g/mol. The first-order valence-corrected chi connectivity index (χ1v) is 6.06. The van der Waals surface area contributed by atoms with Crippen LogP contribution in [0.25, 0.3) is 0 Å². The Bertz CT molecular complexity index is 483. The number of carbonyl (C=O) groups excluding carboxylic acids is 1. The third-order valence-corrected chi connectivity index (χ3v) is 2.73. The molecule has 5 nitrogen and oxygen atoms in total. The fourth-order valence-corrected chi connectivity index (χ4v) is 2.06. The van der Waals surface area contributed by atoms with Gasteiger partial charge < -0.3 is 15.2 Å². The van der Waals surface area contributed by atoms with Gasteiger partial charge in [-0.25, -0.2) is 0 Å². The van der Waals surface area contributed by atoms with E-state index in [1.165, 1.54) is 0 Å². The molecule has 0 atom stereocenters.